The second-order valence-electron chi connectivity index (χ2n) is 2.19. The molecule has 0 aromatic heterocycles. The zero-order valence-corrected chi connectivity index (χ0v) is 7.84. The first-order valence-electron chi connectivity index (χ1n) is 4.18. The zero-order chi connectivity index (χ0) is 8.95. The molecule has 0 heterocycles. The maximum Gasteiger partial charge on any atom is -0.0354 e. The summed E-state index contributed by atoms with van der Waals surface area (Å²) < 4.78 is 0. The first-order valence-corrected chi connectivity index (χ1v) is 4.18. The normalized spacial score (nSPS) is 8.55. The molecule has 0 unspecified atom stereocenters. The Labute approximate surface area is 71.3 Å². The van der Waals surface area contributed by atoms with Crippen LogP contribution in [0.4, 0.5) is 0 Å². The van der Waals surface area contributed by atoms with Crippen molar-refractivity contribution in [3.05, 3.63) is 37.5 Å². The SMILES string of the molecule is C=C/C=C\C.C=CCCCC. The summed E-state index contributed by atoms with van der Waals surface area (Å²) in [6, 6.07) is 0. The van der Waals surface area contributed by atoms with Gasteiger partial charge in [-0.3, -0.25) is 0 Å². The van der Waals surface area contributed by atoms with Crippen LogP contribution < -0.4 is 0 Å². The summed E-state index contributed by atoms with van der Waals surface area (Å²) >= 11 is 0. The summed E-state index contributed by atoms with van der Waals surface area (Å²) in [6.45, 7) is 11.2. The van der Waals surface area contributed by atoms with Crippen LogP contribution in [-0.2, 0) is 0 Å². The predicted molar refractivity (Wildman–Crippen MR) is 54.7 cm³/mol. The summed E-state index contributed by atoms with van der Waals surface area (Å²) in [7, 11) is 0. The van der Waals surface area contributed by atoms with Gasteiger partial charge in [0.1, 0.15) is 0 Å². The molecule has 0 bridgehead atoms. The number of unbranched alkanes of at least 4 members (excludes halogenated alkanes) is 2. The van der Waals surface area contributed by atoms with E-state index in [9.17, 15) is 0 Å². The minimum atomic E-state index is 1.18. The summed E-state index contributed by atoms with van der Waals surface area (Å²) in [4.78, 5) is 0. The number of allylic oxidation sites excluding steroid dienone is 4. The van der Waals surface area contributed by atoms with Crippen LogP contribution in [0.3, 0.4) is 0 Å². The van der Waals surface area contributed by atoms with Gasteiger partial charge in [0.25, 0.3) is 0 Å². The fraction of sp³-hybridized carbons (Fsp3) is 0.455. The Hall–Kier alpha value is -0.780. The van der Waals surface area contributed by atoms with Crippen LogP contribution in [0, 0.1) is 0 Å². The average molecular weight is 152 g/mol. The second kappa shape index (κ2) is 16.1. The molecule has 0 amide bonds. The molecule has 0 atom stereocenters. The molecule has 0 heteroatoms. The first kappa shape index (κ1) is 12.9. The van der Waals surface area contributed by atoms with Gasteiger partial charge in [-0.2, -0.15) is 0 Å². The van der Waals surface area contributed by atoms with Crippen LogP contribution in [0.15, 0.2) is 37.5 Å². The van der Waals surface area contributed by atoms with Crippen LogP contribution in [-0.4, -0.2) is 0 Å². The van der Waals surface area contributed by atoms with Gasteiger partial charge >= 0.3 is 0 Å². The largest absolute Gasteiger partial charge is 0.103 e. The number of rotatable bonds is 4. The highest BCUT2D eigenvalue weighted by atomic mass is 13.8. The smallest absolute Gasteiger partial charge is 0.0354 e. The molecule has 0 N–H and O–H groups in total. The van der Waals surface area contributed by atoms with Gasteiger partial charge in [0, 0.05) is 0 Å². The molecule has 0 aliphatic carbocycles. The summed E-state index contributed by atoms with van der Waals surface area (Å²) in [5, 5.41) is 0. The van der Waals surface area contributed by atoms with Crippen LogP contribution in [0.1, 0.15) is 33.1 Å². The van der Waals surface area contributed by atoms with Crippen molar-refractivity contribution in [1.29, 1.82) is 0 Å². The van der Waals surface area contributed by atoms with E-state index in [1.54, 1.807) is 6.08 Å². The summed E-state index contributed by atoms with van der Waals surface area (Å²) in [5.74, 6) is 0. The third-order valence-electron chi connectivity index (χ3n) is 1.09. The molecule has 0 fully saturated rings. The third kappa shape index (κ3) is 27.0. The van der Waals surface area contributed by atoms with Crippen molar-refractivity contribution in [2.24, 2.45) is 0 Å². The van der Waals surface area contributed by atoms with Crippen molar-refractivity contribution >= 4 is 0 Å². The van der Waals surface area contributed by atoms with E-state index in [0.717, 1.165) is 0 Å². The van der Waals surface area contributed by atoms with Crippen LogP contribution in [0.5, 0.6) is 0 Å². The third-order valence-corrected chi connectivity index (χ3v) is 1.09. The van der Waals surface area contributed by atoms with E-state index in [-0.39, 0.29) is 0 Å². The number of hydrogen-bond acceptors (Lipinski definition) is 0. The quantitative estimate of drug-likeness (QED) is 0.323. The van der Waals surface area contributed by atoms with E-state index in [1.807, 2.05) is 25.2 Å². The van der Waals surface area contributed by atoms with Gasteiger partial charge in [0.05, 0.1) is 0 Å². The molecule has 0 aliphatic heterocycles. The van der Waals surface area contributed by atoms with E-state index >= 15 is 0 Å². The fourth-order valence-electron chi connectivity index (χ4n) is 0.485. The lowest BCUT2D eigenvalue weighted by Gasteiger charge is -1.81. The Morgan fingerprint density at radius 2 is 1.91 bits per heavy atom. The molecule has 0 spiro atoms. The van der Waals surface area contributed by atoms with Gasteiger partial charge in [-0.05, 0) is 13.3 Å². The number of hydrogen-bond donors (Lipinski definition) is 0. The van der Waals surface area contributed by atoms with Gasteiger partial charge < -0.3 is 0 Å². The van der Waals surface area contributed by atoms with Gasteiger partial charge in [-0.15, -0.1) is 6.58 Å². The van der Waals surface area contributed by atoms with Crippen molar-refractivity contribution in [3.63, 3.8) is 0 Å². The lowest BCUT2D eigenvalue weighted by atomic mass is 10.3. The van der Waals surface area contributed by atoms with E-state index in [4.69, 9.17) is 0 Å². The highest BCUT2D eigenvalue weighted by Crippen LogP contribution is 1.91. The predicted octanol–water partition coefficient (Wildman–Crippen LogP) is 4.11. The van der Waals surface area contributed by atoms with Gasteiger partial charge in [0.15, 0.2) is 0 Å². The van der Waals surface area contributed by atoms with Gasteiger partial charge in [-0.1, -0.05) is 50.6 Å². The van der Waals surface area contributed by atoms with E-state index in [2.05, 4.69) is 20.1 Å². The van der Waals surface area contributed by atoms with Crippen molar-refractivity contribution in [1.82, 2.24) is 0 Å². The van der Waals surface area contributed by atoms with Crippen LogP contribution in [0.25, 0.3) is 0 Å². The molecular weight excluding hydrogens is 132 g/mol. The molecule has 0 aliphatic rings. The van der Waals surface area contributed by atoms with E-state index < -0.39 is 0 Å². The van der Waals surface area contributed by atoms with Gasteiger partial charge in [0.2, 0.25) is 0 Å². The van der Waals surface area contributed by atoms with Crippen molar-refractivity contribution in [2.45, 2.75) is 33.1 Å². The lowest BCUT2D eigenvalue weighted by molar-refractivity contribution is 0.816. The van der Waals surface area contributed by atoms with Crippen molar-refractivity contribution in [3.8, 4) is 0 Å². The maximum absolute atomic E-state index is 3.60. The van der Waals surface area contributed by atoms with Crippen molar-refractivity contribution in [2.75, 3.05) is 0 Å². The molecule has 0 nitrogen and oxygen atoms in total. The van der Waals surface area contributed by atoms with Crippen LogP contribution in [0.2, 0.25) is 0 Å². The Kier molecular flexibility index (Phi) is 18.8. The standard InChI is InChI=1S/C6H12.C5H8/c1-3-5-6-4-2;1-3-5-4-2/h3H,1,4-6H2,2H3;3-5H,1H2,2H3/b;5-4-. The monoisotopic (exact) mass is 152 g/mol. The minimum absolute atomic E-state index is 1.18. The molecular formula is C11H20. The molecule has 0 aromatic rings. The topological polar surface area (TPSA) is 0 Å². The molecule has 64 valence electrons. The Bertz CT molecular complexity index is 98.6. The maximum atomic E-state index is 3.60. The molecule has 0 saturated heterocycles. The van der Waals surface area contributed by atoms with E-state index in [1.165, 1.54) is 19.3 Å². The summed E-state index contributed by atoms with van der Waals surface area (Å²) in [6.07, 6.45) is 11.3. The molecule has 0 radical (unpaired) electrons. The average Bonchev–Trinajstić information content (AvgIpc) is 2.04. The lowest BCUT2D eigenvalue weighted by Crippen LogP contribution is -1.61. The highest BCUT2D eigenvalue weighted by molar-refractivity contribution is 4.94. The zero-order valence-electron chi connectivity index (χ0n) is 7.84. The van der Waals surface area contributed by atoms with Gasteiger partial charge in [-0.25, -0.2) is 0 Å². The van der Waals surface area contributed by atoms with Crippen molar-refractivity contribution < 1.29 is 0 Å². The summed E-state index contributed by atoms with van der Waals surface area (Å²) in [5.41, 5.74) is 0. The highest BCUT2D eigenvalue weighted by Gasteiger charge is 1.71. The Morgan fingerprint density at radius 1 is 1.27 bits per heavy atom. The Morgan fingerprint density at radius 3 is 2.00 bits per heavy atom. The molecule has 0 saturated carbocycles. The fourth-order valence-corrected chi connectivity index (χ4v) is 0.485. The molecule has 11 heavy (non-hydrogen) atoms. The van der Waals surface area contributed by atoms with E-state index in [0.29, 0.717) is 0 Å². The molecule has 0 aromatic carbocycles. The minimum Gasteiger partial charge on any atom is -0.103 e. The van der Waals surface area contributed by atoms with Crippen LogP contribution >= 0.6 is 0 Å². The Balaban J connectivity index is 0. The first-order chi connectivity index (χ1) is 5.33. The molecule has 0 rings (SSSR count). The second-order valence-corrected chi connectivity index (χ2v) is 2.19.